The Morgan fingerprint density at radius 1 is 1.38 bits per heavy atom. The highest BCUT2D eigenvalue weighted by Gasteiger charge is 2.19. The lowest BCUT2D eigenvalue weighted by atomic mass is 10.1. The van der Waals surface area contributed by atoms with Gasteiger partial charge in [-0.1, -0.05) is 12.1 Å². The van der Waals surface area contributed by atoms with Gasteiger partial charge in [0.05, 0.1) is 24.5 Å². The molecule has 1 saturated heterocycles. The number of hydrogen-bond donors (Lipinski definition) is 2. The number of nitrogens with zero attached hydrogens (tertiary/aromatic N) is 1. The average Bonchev–Trinajstić information content (AvgIpc) is 2.48. The van der Waals surface area contributed by atoms with E-state index in [4.69, 9.17) is 4.74 Å². The molecule has 0 radical (unpaired) electrons. The van der Waals surface area contributed by atoms with Gasteiger partial charge in [0.15, 0.2) is 0 Å². The molecule has 1 aromatic rings. The molecule has 2 rings (SSSR count). The summed E-state index contributed by atoms with van der Waals surface area (Å²) in [6.45, 7) is 1.97. The van der Waals surface area contributed by atoms with Crippen LogP contribution in [0, 0.1) is 0 Å². The first-order chi connectivity index (χ1) is 10.1. The van der Waals surface area contributed by atoms with Crippen LogP contribution in [-0.4, -0.2) is 56.6 Å². The fourth-order valence-corrected chi connectivity index (χ4v) is 2.20. The van der Waals surface area contributed by atoms with Gasteiger partial charge in [-0.15, -0.1) is 0 Å². The van der Waals surface area contributed by atoms with Crippen LogP contribution in [0.1, 0.15) is 16.8 Å². The molecule has 1 aromatic carbocycles. The summed E-state index contributed by atoms with van der Waals surface area (Å²) in [6, 6.07) is 7.04. The lowest BCUT2D eigenvalue weighted by molar-refractivity contribution is -0.117. The van der Waals surface area contributed by atoms with Crippen molar-refractivity contribution >= 4 is 17.5 Å². The molecule has 0 aromatic heterocycles. The number of benzene rings is 1. The van der Waals surface area contributed by atoms with Crippen LogP contribution in [0.2, 0.25) is 0 Å². The molecule has 2 N–H and O–H groups in total. The van der Waals surface area contributed by atoms with Crippen molar-refractivity contribution in [3.05, 3.63) is 29.8 Å². The van der Waals surface area contributed by atoms with E-state index >= 15 is 0 Å². The second-order valence-electron chi connectivity index (χ2n) is 5.22. The number of morpholine rings is 1. The minimum atomic E-state index is -0.134. The minimum absolute atomic E-state index is 0.0236. The Morgan fingerprint density at radius 2 is 2.14 bits per heavy atom. The molecule has 1 aliphatic heterocycles. The first-order valence-electron chi connectivity index (χ1n) is 6.99. The Balaban J connectivity index is 2.01. The van der Waals surface area contributed by atoms with Gasteiger partial charge in [0.25, 0.3) is 5.91 Å². The van der Waals surface area contributed by atoms with E-state index in [1.165, 1.54) is 4.90 Å². The Labute approximate surface area is 124 Å². The second kappa shape index (κ2) is 7.19. The van der Waals surface area contributed by atoms with Gasteiger partial charge in [-0.2, -0.15) is 0 Å². The molecule has 6 nitrogen and oxygen atoms in total. The van der Waals surface area contributed by atoms with Gasteiger partial charge >= 0.3 is 0 Å². The van der Waals surface area contributed by atoms with Crippen LogP contribution in [0.25, 0.3) is 0 Å². The standard InChI is InChI=1S/C15H21N3O3/c1-18(2)15(20)12-5-3-4-6-13(12)17-14(19)9-11-10-21-8-7-16-11/h3-6,11,16H,7-10H2,1-2H3,(H,17,19). The van der Waals surface area contributed by atoms with Crippen molar-refractivity contribution in [2.24, 2.45) is 0 Å². The quantitative estimate of drug-likeness (QED) is 0.857. The molecule has 6 heteroatoms. The molecule has 21 heavy (non-hydrogen) atoms. The fraction of sp³-hybridized carbons (Fsp3) is 0.467. The van der Waals surface area contributed by atoms with Crippen LogP contribution in [-0.2, 0) is 9.53 Å². The lowest BCUT2D eigenvalue weighted by Gasteiger charge is -2.23. The predicted molar refractivity (Wildman–Crippen MR) is 80.3 cm³/mol. The van der Waals surface area contributed by atoms with Gasteiger partial charge in [-0.3, -0.25) is 9.59 Å². The number of carbonyl (C=O) groups excluding carboxylic acids is 2. The molecule has 1 aliphatic rings. The maximum absolute atomic E-state index is 12.1. The topological polar surface area (TPSA) is 70.7 Å². The molecule has 1 unspecified atom stereocenters. The van der Waals surface area contributed by atoms with Gasteiger partial charge in [-0.25, -0.2) is 0 Å². The Bertz CT molecular complexity index is 511. The third-order valence-corrected chi connectivity index (χ3v) is 3.27. The van der Waals surface area contributed by atoms with E-state index in [1.54, 1.807) is 38.4 Å². The fourth-order valence-electron chi connectivity index (χ4n) is 2.20. The molecule has 1 heterocycles. The Hall–Kier alpha value is -1.92. The molecule has 0 bridgehead atoms. The largest absolute Gasteiger partial charge is 0.378 e. The van der Waals surface area contributed by atoms with Crippen molar-refractivity contribution in [2.75, 3.05) is 39.2 Å². The zero-order valence-electron chi connectivity index (χ0n) is 12.4. The van der Waals surface area contributed by atoms with Crippen LogP contribution in [0.5, 0.6) is 0 Å². The van der Waals surface area contributed by atoms with Gasteiger partial charge in [0.2, 0.25) is 5.91 Å². The van der Waals surface area contributed by atoms with Gasteiger partial charge < -0.3 is 20.3 Å². The summed E-state index contributed by atoms with van der Waals surface area (Å²) in [6.07, 6.45) is 0.324. The highest BCUT2D eigenvalue weighted by molar-refractivity contribution is 6.03. The third-order valence-electron chi connectivity index (χ3n) is 3.27. The van der Waals surface area contributed by atoms with Crippen molar-refractivity contribution < 1.29 is 14.3 Å². The summed E-state index contributed by atoms with van der Waals surface area (Å²) in [5.74, 6) is -0.262. The van der Waals surface area contributed by atoms with Gasteiger partial charge in [0, 0.05) is 33.1 Å². The summed E-state index contributed by atoms with van der Waals surface area (Å²) in [5, 5.41) is 6.04. The summed E-state index contributed by atoms with van der Waals surface area (Å²) in [7, 11) is 3.37. The van der Waals surface area contributed by atoms with Crippen molar-refractivity contribution in [1.29, 1.82) is 0 Å². The molecular formula is C15H21N3O3. The van der Waals surface area contributed by atoms with Crippen molar-refractivity contribution in [3.8, 4) is 0 Å². The Morgan fingerprint density at radius 3 is 2.81 bits per heavy atom. The Kier molecular flexibility index (Phi) is 5.30. The van der Waals surface area contributed by atoms with E-state index in [-0.39, 0.29) is 17.9 Å². The summed E-state index contributed by atoms with van der Waals surface area (Å²) in [4.78, 5) is 25.7. The molecule has 0 saturated carbocycles. The molecule has 1 fully saturated rings. The number of nitrogens with one attached hydrogen (secondary N) is 2. The molecular weight excluding hydrogens is 270 g/mol. The smallest absolute Gasteiger partial charge is 0.255 e. The minimum Gasteiger partial charge on any atom is -0.378 e. The van der Waals surface area contributed by atoms with E-state index < -0.39 is 0 Å². The molecule has 114 valence electrons. The first kappa shape index (κ1) is 15.5. The number of para-hydroxylation sites is 1. The van der Waals surface area contributed by atoms with Crippen LogP contribution in [0.4, 0.5) is 5.69 Å². The number of carbonyl (C=O) groups is 2. The van der Waals surface area contributed by atoms with Crippen LogP contribution in [0.15, 0.2) is 24.3 Å². The first-order valence-corrected chi connectivity index (χ1v) is 6.99. The molecule has 1 atom stereocenters. The second-order valence-corrected chi connectivity index (χ2v) is 5.22. The van der Waals surface area contributed by atoms with Crippen molar-refractivity contribution in [1.82, 2.24) is 10.2 Å². The van der Waals surface area contributed by atoms with E-state index in [0.29, 0.717) is 30.9 Å². The molecule has 0 spiro atoms. The summed E-state index contributed by atoms with van der Waals surface area (Å²) < 4.78 is 5.32. The van der Waals surface area contributed by atoms with E-state index in [0.717, 1.165) is 6.54 Å². The number of amides is 2. The van der Waals surface area contributed by atoms with Crippen LogP contribution >= 0.6 is 0 Å². The van der Waals surface area contributed by atoms with Crippen LogP contribution in [0.3, 0.4) is 0 Å². The molecule has 2 amide bonds. The average molecular weight is 291 g/mol. The normalized spacial score (nSPS) is 18.1. The maximum atomic E-state index is 12.1. The van der Waals surface area contributed by atoms with E-state index in [9.17, 15) is 9.59 Å². The lowest BCUT2D eigenvalue weighted by Crippen LogP contribution is -2.43. The zero-order chi connectivity index (χ0) is 15.2. The van der Waals surface area contributed by atoms with Crippen molar-refractivity contribution in [3.63, 3.8) is 0 Å². The highest BCUT2D eigenvalue weighted by atomic mass is 16.5. The maximum Gasteiger partial charge on any atom is 0.255 e. The monoisotopic (exact) mass is 291 g/mol. The highest BCUT2D eigenvalue weighted by Crippen LogP contribution is 2.17. The number of hydrogen-bond acceptors (Lipinski definition) is 4. The summed E-state index contributed by atoms with van der Waals surface area (Å²) >= 11 is 0. The number of rotatable bonds is 4. The van der Waals surface area contributed by atoms with E-state index in [1.807, 2.05) is 0 Å². The van der Waals surface area contributed by atoms with Gasteiger partial charge in [0.1, 0.15) is 0 Å². The number of ether oxygens (including phenoxy) is 1. The SMILES string of the molecule is CN(C)C(=O)c1ccccc1NC(=O)CC1COCCN1. The van der Waals surface area contributed by atoms with Crippen LogP contribution < -0.4 is 10.6 Å². The molecule has 0 aliphatic carbocycles. The number of anilines is 1. The van der Waals surface area contributed by atoms with E-state index in [2.05, 4.69) is 10.6 Å². The third kappa shape index (κ3) is 4.27. The zero-order valence-corrected chi connectivity index (χ0v) is 12.4. The van der Waals surface area contributed by atoms with Crippen molar-refractivity contribution in [2.45, 2.75) is 12.5 Å². The van der Waals surface area contributed by atoms with Gasteiger partial charge in [-0.05, 0) is 12.1 Å². The summed E-state index contributed by atoms with van der Waals surface area (Å²) in [5.41, 5.74) is 1.03. The predicted octanol–water partition coefficient (Wildman–Crippen LogP) is 0.705.